The van der Waals surface area contributed by atoms with E-state index in [1.165, 1.54) is 0 Å². The standard InChI is InChI=1S/C11H17BrN2O/c1-3-14-10(9(12)7-13-14)11(15)6-4-5-8(11)2/h7-8,15H,3-6H2,1-2H3. The Hall–Kier alpha value is -0.350. The van der Waals surface area contributed by atoms with Gasteiger partial charge in [0.05, 0.1) is 16.4 Å². The molecular weight excluding hydrogens is 256 g/mol. The Labute approximate surface area is 98.6 Å². The summed E-state index contributed by atoms with van der Waals surface area (Å²) in [6.45, 7) is 4.97. The average Bonchev–Trinajstić information content (AvgIpc) is 2.72. The van der Waals surface area contributed by atoms with E-state index in [0.29, 0.717) is 5.92 Å². The smallest absolute Gasteiger partial charge is 0.110 e. The zero-order chi connectivity index (χ0) is 11.1. The highest BCUT2D eigenvalue weighted by molar-refractivity contribution is 9.10. The van der Waals surface area contributed by atoms with Crippen LogP contribution >= 0.6 is 15.9 Å². The van der Waals surface area contributed by atoms with Crippen LogP contribution < -0.4 is 0 Å². The van der Waals surface area contributed by atoms with Crippen molar-refractivity contribution in [1.82, 2.24) is 9.78 Å². The first-order chi connectivity index (χ1) is 7.09. The third-order valence-electron chi connectivity index (χ3n) is 3.51. The summed E-state index contributed by atoms with van der Waals surface area (Å²) in [4.78, 5) is 0. The van der Waals surface area contributed by atoms with Gasteiger partial charge in [-0.2, -0.15) is 5.10 Å². The summed E-state index contributed by atoms with van der Waals surface area (Å²) in [7, 11) is 0. The van der Waals surface area contributed by atoms with Gasteiger partial charge in [-0.3, -0.25) is 4.68 Å². The van der Waals surface area contributed by atoms with Crippen molar-refractivity contribution in [2.45, 2.75) is 45.3 Å². The number of aliphatic hydroxyl groups is 1. The number of rotatable bonds is 2. The predicted octanol–water partition coefficient (Wildman–Crippen LogP) is 2.67. The lowest BCUT2D eigenvalue weighted by atomic mass is 9.89. The van der Waals surface area contributed by atoms with Crippen LogP contribution in [0.2, 0.25) is 0 Å². The molecule has 1 N–H and O–H groups in total. The van der Waals surface area contributed by atoms with E-state index in [2.05, 4.69) is 28.0 Å². The minimum atomic E-state index is -0.689. The lowest BCUT2D eigenvalue weighted by Crippen LogP contribution is -2.32. The molecule has 1 aliphatic carbocycles. The zero-order valence-corrected chi connectivity index (χ0v) is 10.8. The van der Waals surface area contributed by atoms with E-state index in [0.717, 1.165) is 36.0 Å². The molecular formula is C11H17BrN2O. The number of hydrogen-bond donors (Lipinski definition) is 1. The highest BCUT2D eigenvalue weighted by Crippen LogP contribution is 2.45. The number of halogens is 1. The van der Waals surface area contributed by atoms with Crippen molar-refractivity contribution in [2.75, 3.05) is 0 Å². The Bertz CT molecular complexity index is 363. The van der Waals surface area contributed by atoms with Crippen LogP contribution in [0.25, 0.3) is 0 Å². The van der Waals surface area contributed by atoms with Gasteiger partial charge in [-0.15, -0.1) is 0 Å². The summed E-state index contributed by atoms with van der Waals surface area (Å²) in [5.41, 5.74) is 0.265. The zero-order valence-electron chi connectivity index (χ0n) is 9.20. The van der Waals surface area contributed by atoms with Gasteiger partial charge in [0.25, 0.3) is 0 Å². The number of nitrogens with zero attached hydrogens (tertiary/aromatic N) is 2. The second-order valence-corrected chi connectivity index (χ2v) is 5.23. The van der Waals surface area contributed by atoms with Crippen LogP contribution in [0.3, 0.4) is 0 Å². The van der Waals surface area contributed by atoms with Crippen LogP contribution in [0.1, 0.15) is 38.8 Å². The van der Waals surface area contributed by atoms with Gasteiger partial charge in [-0.1, -0.05) is 6.92 Å². The number of aromatic nitrogens is 2. The number of hydrogen-bond acceptors (Lipinski definition) is 2. The first-order valence-corrected chi connectivity index (χ1v) is 6.33. The van der Waals surface area contributed by atoms with Gasteiger partial charge < -0.3 is 5.11 Å². The molecule has 0 aromatic carbocycles. The second-order valence-electron chi connectivity index (χ2n) is 4.37. The molecule has 1 saturated carbocycles. The molecule has 2 rings (SSSR count). The van der Waals surface area contributed by atoms with Crippen molar-refractivity contribution >= 4 is 15.9 Å². The molecule has 0 amide bonds. The first-order valence-electron chi connectivity index (χ1n) is 5.53. The molecule has 1 aromatic rings. The predicted molar refractivity (Wildman–Crippen MR) is 62.5 cm³/mol. The van der Waals surface area contributed by atoms with Crippen molar-refractivity contribution in [2.24, 2.45) is 5.92 Å². The Morgan fingerprint density at radius 3 is 3.00 bits per heavy atom. The van der Waals surface area contributed by atoms with Gasteiger partial charge in [0.15, 0.2) is 0 Å². The molecule has 84 valence electrons. The maximum Gasteiger partial charge on any atom is 0.110 e. The first kappa shape index (κ1) is 11.1. The maximum atomic E-state index is 10.7. The second kappa shape index (κ2) is 3.91. The highest BCUT2D eigenvalue weighted by atomic mass is 79.9. The largest absolute Gasteiger partial charge is 0.383 e. The minimum Gasteiger partial charge on any atom is -0.383 e. The van der Waals surface area contributed by atoms with Gasteiger partial charge in [-0.25, -0.2) is 0 Å². The van der Waals surface area contributed by atoms with E-state index in [9.17, 15) is 5.11 Å². The Morgan fingerprint density at radius 1 is 1.73 bits per heavy atom. The van der Waals surface area contributed by atoms with Gasteiger partial charge in [0.2, 0.25) is 0 Å². The minimum absolute atomic E-state index is 0.316. The average molecular weight is 273 g/mol. The molecule has 4 heteroatoms. The van der Waals surface area contributed by atoms with E-state index in [-0.39, 0.29) is 0 Å². The molecule has 0 bridgehead atoms. The van der Waals surface area contributed by atoms with Crippen LogP contribution in [0.4, 0.5) is 0 Å². The van der Waals surface area contributed by atoms with Crippen molar-refractivity contribution in [3.05, 3.63) is 16.4 Å². The topological polar surface area (TPSA) is 38.0 Å². The van der Waals surface area contributed by atoms with Crippen LogP contribution in [0.5, 0.6) is 0 Å². The summed E-state index contributed by atoms with van der Waals surface area (Å²) >= 11 is 3.49. The van der Waals surface area contributed by atoms with E-state index in [1.807, 2.05) is 11.6 Å². The van der Waals surface area contributed by atoms with Crippen LogP contribution in [0, 0.1) is 5.92 Å². The lowest BCUT2D eigenvalue weighted by molar-refractivity contribution is -0.00462. The molecule has 1 aliphatic rings. The third kappa shape index (κ3) is 1.64. The summed E-state index contributed by atoms with van der Waals surface area (Å²) in [6, 6.07) is 0. The molecule has 2 atom stereocenters. The molecule has 0 spiro atoms. The Kier molecular flexibility index (Phi) is 2.90. The van der Waals surface area contributed by atoms with Gasteiger partial charge in [-0.05, 0) is 48.0 Å². The van der Waals surface area contributed by atoms with E-state index >= 15 is 0 Å². The Morgan fingerprint density at radius 2 is 2.47 bits per heavy atom. The third-order valence-corrected chi connectivity index (χ3v) is 4.10. The van der Waals surface area contributed by atoms with Crippen molar-refractivity contribution in [3.8, 4) is 0 Å². The molecule has 1 aromatic heterocycles. The van der Waals surface area contributed by atoms with Crippen molar-refractivity contribution in [3.63, 3.8) is 0 Å². The molecule has 1 fully saturated rings. The van der Waals surface area contributed by atoms with E-state index < -0.39 is 5.60 Å². The lowest BCUT2D eigenvalue weighted by Gasteiger charge is -2.28. The van der Waals surface area contributed by atoms with E-state index in [1.54, 1.807) is 6.20 Å². The van der Waals surface area contributed by atoms with Gasteiger partial charge in [0, 0.05) is 6.54 Å². The normalized spacial score (nSPS) is 31.1. The summed E-state index contributed by atoms with van der Waals surface area (Å²) in [5, 5.41) is 15.0. The molecule has 1 heterocycles. The quantitative estimate of drug-likeness (QED) is 0.899. The molecule has 15 heavy (non-hydrogen) atoms. The SMILES string of the molecule is CCn1ncc(Br)c1C1(O)CCCC1C. The fourth-order valence-electron chi connectivity index (χ4n) is 2.55. The van der Waals surface area contributed by atoms with Crippen LogP contribution in [-0.4, -0.2) is 14.9 Å². The summed E-state index contributed by atoms with van der Waals surface area (Å²) < 4.78 is 2.83. The Balaban J connectivity index is 2.47. The monoisotopic (exact) mass is 272 g/mol. The van der Waals surface area contributed by atoms with Crippen molar-refractivity contribution in [1.29, 1.82) is 0 Å². The molecule has 0 saturated heterocycles. The summed E-state index contributed by atoms with van der Waals surface area (Å²) in [6.07, 6.45) is 4.82. The fourth-order valence-corrected chi connectivity index (χ4v) is 3.19. The number of aryl methyl sites for hydroxylation is 1. The summed E-state index contributed by atoms with van der Waals surface area (Å²) in [5.74, 6) is 0.316. The highest BCUT2D eigenvalue weighted by Gasteiger charge is 2.43. The molecule has 0 aliphatic heterocycles. The van der Waals surface area contributed by atoms with Crippen LogP contribution in [-0.2, 0) is 12.1 Å². The van der Waals surface area contributed by atoms with Crippen LogP contribution in [0.15, 0.2) is 10.7 Å². The van der Waals surface area contributed by atoms with Gasteiger partial charge >= 0.3 is 0 Å². The molecule has 0 radical (unpaired) electrons. The maximum absolute atomic E-state index is 10.7. The molecule has 3 nitrogen and oxygen atoms in total. The molecule has 2 unspecified atom stereocenters. The van der Waals surface area contributed by atoms with Gasteiger partial charge in [0.1, 0.15) is 5.60 Å². The van der Waals surface area contributed by atoms with E-state index in [4.69, 9.17) is 0 Å². The van der Waals surface area contributed by atoms with Crippen molar-refractivity contribution < 1.29 is 5.11 Å². The fraction of sp³-hybridized carbons (Fsp3) is 0.727.